The SMILES string of the molecule is Cc1cccc(CN2CCN(C(C(=O)O)C(C)(C)C)C2=O)n1. The molecule has 1 aromatic rings. The van der Waals surface area contributed by atoms with Crippen LogP contribution in [0.5, 0.6) is 0 Å². The van der Waals surface area contributed by atoms with E-state index < -0.39 is 17.4 Å². The van der Waals surface area contributed by atoms with Crippen LogP contribution in [0.3, 0.4) is 0 Å². The lowest BCUT2D eigenvalue weighted by molar-refractivity contribution is -0.145. The van der Waals surface area contributed by atoms with Crippen LogP contribution in [0.15, 0.2) is 18.2 Å². The summed E-state index contributed by atoms with van der Waals surface area (Å²) in [5.41, 5.74) is 1.20. The highest BCUT2D eigenvalue weighted by Gasteiger charge is 2.43. The van der Waals surface area contributed by atoms with Gasteiger partial charge in [0, 0.05) is 18.8 Å². The summed E-state index contributed by atoms with van der Waals surface area (Å²) < 4.78 is 0. The molecule has 0 aliphatic carbocycles. The molecule has 1 saturated heterocycles. The second-order valence-corrected chi connectivity index (χ2v) is 6.77. The molecule has 1 unspecified atom stereocenters. The van der Waals surface area contributed by atoms with E-state index in [1.807, 2.05) is 45.9 Å². The number of aromatic nitrogens is 1. The molecule has 0 spiro atoms. The van der Waals surface area contributed by atoms with E-state index in [0.29, 0.717) is 19.6 Å². The molecule has 22 heavy (non-hydrogen) atoms. The molecule has 1 aliphatic heterocycles. The topological polar surface area (TPSA) is 73.7 Å². The number of aryl methyl sites for hydroxylation is 1. The second-order valence-electron chi connectivity index (χ2n) is 6.77. The van der Waals surface area contributed by atoms with Crippen molar-refractivity contribution in [2.24, 2.45) is 5.41 Å². The van der Waals surface area contributed by atoms with E-state index in [2.05, 4.69) is 4.98 Å². The molecule has 1 aromatic heterocycles. The minimum Gasteiger partial charge on any atom is -0.480 e. The van der Waals surface area contributed by atoms with Crippen molar-refractivity contribution < 1.29 is 14.7 Å². The molecule has 120 valence electrons. The van der Waals surface area contributed by atoms with Gasteiger partial charge in [0.15, 0.2) is 0 Å². The molecular formula is C16H23N3O3. The normalized spacial score (nSPS) is 17.0. The quantitative estimate of drug-likeness (QED) is 0.924. The minimum atomic E-state index is -0.962. The number of pyridine rings is 1. The fraction of sp³-hybridized carbons (Fsp3) is 0.562. The van der Waals surface area contributed by atoms with Crippen molar-refractivity contribution in [3.8, 4) is 0 Å². The monoisotopic (exact) mass is 305 g/mol. The molecular weight excluding hydrogens is 282 g/mol. The van der Waals surface area contributed by atoms with Gasteiger partial charge in [0.25, 0.3) is 0 Å². The number of hydrogen-bond acceptors (Lipinski definition) is 3. The molecule has 6 heteroatoms. The summed E-state index contributed by atoms with van der Waals surface area (Å²) in [6.45, 7) is 8.78. The molecule has 2 rings (SSSR count). The van der Waals surface area contributed by atoms with Gasteiger partial charge in [-0.05, 0) is 24.5 Å². The van der Waals surface area contributed by atoms with Crippen LogP contribution in [-0.4, -0.2) is 51.0 Å². The number of carbonyl (C=O) groups is 2. The molecule has 6 nitrogen and oxygen atoms in total. The third-order valence-electron chi connectivity index (χ3n) is 3.79. The number of carboxylic acids is 1. The Kier molecular flexibility index (Phi) is 4.39. The zero-order valence-electron chi connectivity index (χ0n) is 13.5. The predicted octanol–water partition coefficient (Wildman–Crippen LogP) is 2.13. The molecule has 0 bridgehead atoms. The van der Waals surface area contributed by atoms with Crippen LogP contribution in [0.4, 0.5) is 4.79 Å². The summed E-state index contributed by atoms with van der Waals surface area (Å²) in [5.74, 6) is -0.962. The molecule has 1 atom stereocenters. The Hall–Kier alpha value is -2.11. The number of aliphatic carboxylic acids is 1. The van der Waals surface area contributed by atoms with Crippen LogP contribution < -0.4 is 0 Å². The summed E-state index contributed by atoms with van der Waals surface area (Å²) in [6.07, 6.45) is 0. The summed E-state index contributed by atoms with van der Waals surface area (Å²) in [6, 6.07) is 4.63. The molecule has 0 aromatic carbocycles. The van der Waals surface area contributed by atoms with Crippen LogP contribution in [0.1, 0.15) is 32.2 Å². The lowest BCUT2D eigenvalue weighted by Gasteiger charge is -2.34. The van der Waals surface area contributed by atoms with Gasteiger partial charge in [0.05, 0.1) is 12.2 Å². The average molecular weight is 305 g/mol. The van der Waals surface area contributed by atoms with Gasteiger partial charge in [-0.1, -0.05) is 26.8 Å². The lowest BCUT2D eigenvalue weighted by atomic mass is 9.86. The first-order valence-electron chi connectivity index (χ1n) is 7.41. The van der Waals surface area contributed by atoms with E-state index in [0.717, 1.165) is 11.4 Å². The first kappa shape index (κ1) is 16.3. The lowest BCUT2D eigenvalue weighted by Crippen LogP contribution is -2.50. The van der Waals surface area contributed by atoms with E-state index in [-0.39, 0.29) is 6.03 Å². The van der Waals surface area contributed by atoms with Crippen molar-refractivity contribution in [1.29, 1.82) is 0 Å². The van der Waals surface area contributed by atoms with Crippen LogP contribution in [0, 0.1) is 12.3 Å². The Morgan fingerprint density at radius 2 is 2.05 bits per heavy atom. The maximum atomic E-state index is 12.5. The van der Waals surface area contributed by atoms with Gasteiger partial charge in [-0.25, -0.2) is 9.59 Å². The fourth-order valence-corrected chi connectivity index (χ4v) is 2.84. The number of carboxylic acid groups (broad SMARTS) is 1. The summed E-state index contributed by atoms with van der Waals surface area (Å²) in [5, 5.41) is 9.47. The molecule has 1 N–H and O–H groups in total. The van der Waals surface area contributed by atoms with Gasteiger partial charge in [-0.2, -0.15) is 0 Å². The smallest absolute Gasteiger partial charge is 0.327 e. The zero-order valence-corrected chi connectivity index (χ0v) is 13.5. The third kappa shape index (κ3) is 3.37. The number of amides is 2. The van der Waals surface area contributed by atoms with E-state index >= 15 is 0 Å². The maximum Gasteiger partial charge on any atom is 0.327 e. The molecule has 0 radical (unpaired) electrons. The Morgan fingerprint density at radius 3 is 2.59 bits per heavy atom. The predicted molar refractivity (Wildman–Crippen MR) is 82.4 cm³/mol. The number of carbonyl (C=O) groups excluding carboxylic acids is 1. The van der Waals surface area contributed by atoms with Crippen molar-refractivity contribution in [2.45, 2.75) is 40.3 Å². The zero-order chi connectivity index (χ0) is 16.5. The van der Waals surface area contributed by atoms with Crippen LogP contribution in [0.2, 0.25) is 0 Å². The third-order valence-corrected chi connectivity index (χ3v) is 3.79. The Labute approximate surface area is 130 Å². The van der Waals surface area contributed by atoms with E-state index in [4.69, 9.17) is 0 Å². The van der Waals surface area contributed by atoms with Gasteiger partial charge in [-0.15, -0.1) is 0 Å². The fourth-order valence-electron chi connectivity index (χ4n) is 2.84. The van der Waals surface area contributed by atoms with Crippen molar-refractivity contribution in [3.05, 3.63) is 29.6 Å². The number of hydrogen-bond donors (Lipinski definition) is 1. The standard InChI is InChI=1S/C16H23N3O3/c1-11-6-5-7-12(17-11)10-18-8-9-19(15(18)22)13(14(20)21)16(2,3)4/h5-7,13H,8-10H2,1-4H3,(H,20,21). The number of nitrogens with zero attached hydrogens (tertiary/aromatic N) is 3. The van der Waals surface area contributed by atoms with Crippen molar-refractivity contribution in [1.82, 2.24) is 14.8 Å². The highest BCUT2D eigenvalue weighted by atomic mass is 16.4. The molecule has 2 amide bonds. The van der Waals surface area contributed by atoms with E-state index in [1.54, 1.807) is 4.90 Å². The Bertz CT molecular complexity index is 580. The van der Waals surface area contributed by atoms with E-state index in [1.165, 1.54) is 4.90 Å². The Morgan fingerprint density at radius 1 is 1.36 bits per heavy atom. The minimum absolute atomic E-state index is 0.231. The first-order chi connectivity index (χ1) is 10.2. The van der Waals surface area contributed by atoms with Gasteiger partial charge < -0.3 is 14.9 Å². The van der Waals surface area contributed by atoms with Crippen molar-refractivity contribution in [2.75, 3.05) is 13.1 Å². The number of urea groups is 1. The van der Waals surface area contributed by atoms with Crippen LogP contribution >= 0.6 is 0 Å². The van der Waals surface area contributed by atoms with Gasteiger partial charge >= 0.3 is 12.0 Å². The maximum absolute atomic E-state index is 12.5. The molecule has 2 heterocycles. The van der Waals surface area contributed by atoms with Crippen LogP contribution in [-0.2, 0) is 11.3 Å². The average Bonchev–Trinajstić information content (AvgIpc) is 2.70. The van der Waals surface area contributed by atoms with Gasteiger partial charge in [0.1, 0.15) is 6.04 Å². The largest absolute Gasteiger partial charge is 0.480 e. The number of rotatable bonds is 4. The first-order valence-corrected chi connectivity index (χ1v) is 7.41. The molecule has 1 aliphatic rings. The van der Waals surface area contributed by atoms with Gasteiger partial charge in [-0.3, -0.25) is 4.98 Å². The summed E-state index contributed by atoms with van der Waals surface area (Å²) in [7, 11) is 0. The molecule has 0 saturated carbocycles. The van der Waals surface area contributed by atoms with E-state index in [9.17, 15) is 14.7 Å². The van der Waals surface area contributed by atoms with Gasteiger partial charge in [0.2, 0.25) is 0 Å². The van der Waals surface area contributed by atoms with Crippen LogP contribution in [0.25, 0.3) is 0 Å². The van der Waals surface area contributed by atoms with Crippen molar-refractivity contribution in [3.63, 3.8) is 0 Å². The summed E-state index contributed by atoms with van der Waals surface area (Å²) in [4.78, 5) is 31.6. The highest BCUT2D eigenvalue weighted by Crippen LogP contribution is 2.28. The van der Waals surface area contributed by atoms with Crippen molar-refractivity contribution >= 4 is 12.0 Å². The summed E-state index contributed by atoms with van der Waals surface area (Å²) >= 11 is 0. The molecule has 1 fully saturated rings. The second kappa shape index (κ2) is 5.94. The highest BCUT2D eigenvalue weighted by molar-refractivity contribution is 5.84. The Balaban J connectivity index is 2.14.